The smallest absolute Gasteiger partial charge is 0.410 e. The van der Waals surface area contributed by atoms with Crippen molar-refractivity contribution < 1.29 is 9.53 Å². The predicted molar refractivity (Wildman–Crippen MR) is 129 cm³/mol. The third kappa shape index (κ3) is 4.08. The van der Waals surface area contributed by atoms with Gasteiger partial charge < -0.3 is 15.0 Å². The van der Waals surface area contributed by atoms with Gasteiger partial charge in [-0.05, 0) is 49.8 Å². The Kier molecular flexibility index (Phi) is 6.69. The minimum Gasteiger partial charge on any atom is -0.448 e. The maximum absolute atomic E-state index is 13.1. The molecule has 5 rings (SSSR count). The zero-order chi connectivity index (χ0) is 21.4. The van der Waals surface area contributed by atoms with Crippen LogP contribution < -0.4 is 10.9 Å². The van der Waals surface area contributed by atoms with Gasteiger partial charge in [0.1, 0.15) is 6.61 Å². The van der Waals surface area contributed by atoms with E-state index in [9.17, 15) is 9.59 Å². The highest BCUT2D eigenvalue weighted by Crippen LogP contribution is 2.44. The van der Waals surface area contributed by atoms with Crippen LogP contribution in [-0.4, -0.2) is 42.2 Å². The van der Waals surface area contributed by atoms with Crippen LogP contribution >= 0.6 is 28.3 Å². The van der Waals surface area contributed by atoms with Crippen molar-refractivity contribution in [2.24, 2.45) is 0 Å². The lowest BCUT2D eigenvalue weighted by atomic mass is 9.98. The second-order valence-electron chi connectivity index (χ2n) is 7.83. The van der Waals surface area contributed by atoms with Crippen LogP contribution in [-0.2, 0) is 4.74 Å². The Bertz CT molecular complexity index is 1150. The molecule has 0 saturated carbocycles. The Hall–Kier alpha value is -2.61. The second kappa shape index (κ2) is 9.48. The molecule has 8 heteroatoms. The van der Waals surface area contributed by atoms with Crippen molar-refractivity contribution in [2.45, 2.75) is 12.0 Å². The highest BCUT2D eigenvalue weighted by molar-refractivity contribution is 9.10. The number of aromatic amines is 1. The van der Waals surface area contributed by atoms with Crippen LogP contribution in [0.3, 0.4) is 0 Å². The fourth-order valence-electron chi connectivity index (χ4n) is 4.56. The van der Waals surface area contributed by atoms with Gasteiger partial charge in [-0.1, -0.05) is 48.5 Å². The summed E-state index contributed by atoms with van der Waals surface area (Å²) in [5.74, 6) is 0.0277. The molecule has 32 heavy (non-hydrogen) atoms. The average Bonchev–Trinajstić information content (AvgIpc) is 3.13. The van der Waals surface area contributed by atoms with Crippen LogP contribution in [0.25, 0.3) is 11.1 Å². The Morgan fingerprint density at radius 1 is 1.09 bits per heavy atom. The van der Waals surface area contributed by atoms with Crippen LogP contribution in [0.2, 0.25) is 0 Å². The van der Waals surface area contributed by atoms with E-state index in [0.717, 1.165) is 5.56 Å². The first-order valence-electron chi connectivity index (χ1n) is 10.3. The van der Waals surface area contributed by atoms with Gasteiger partial charge in [-0.25, -0.2) is 4.79 Å². The quantitative estimate of drug-likeness (QED) is 0.539. The van der Waals surface area contributed by atoms with Gasteiger partial charge in [0.15, 0.2) is 0 Å². The molecule has 1 aliphatic carbocycles. The van der Waals surface area contributed by atoms with Crippen molar-refractivity contribution in [2.75, 3.05) is 26.2 Å². The minimum atomic E-state index is -0.337. The molecule has 1 saturated heterocycles. The van der Waals surface area contributed by atoms with Crippen molar-refractivity contribution in [3.05, 3.63) is 92.3 Å². The number of ether oxygens (including phenoxy) is 1. The third-order valence-electron chi connectivity index (χ3n) is 6.08. The normalized spacial score (nSPS) is 17.3. The van der Waals surface area contributed by atoms with Gasteiger partial charge in [0.05, 0.1) is 10.5 Å². The SMILES string of the molecule is Cl.O=C(OCC1c2ccccc2-c2ccccc21)N1CCNCC1c1c[nH]c(=O)c(Br)c1. The lowest BCUT2D eigenvalue weighted by Gasteiger charge is -2.35. The number of H-pyrrole nitrogens is 1. The molecular weight excluding hydrogens is 494 g/mol. The summed E-state index contributed by atoms with van der Waals surface area (Å²) in [7, 11) is 0. The van der Waals surface area contributed by atoms with E-state index >= 15 is 0 Å². The van der Waals surface area contributed by atoms with Gasteiger partial charge >= 0.3 is 6.09 Å². The first kappa shape index (κ1) is 22.6. The fourth-order valence-corrected chi connectivity index (χ4v) is 4.94. The van der Waals surface area contributed by atoms with Crippen LogP contribution in [0.5, 0.6) is 0 Å². The first-order valence-corrected chi connectivity index (χ1v) is 11.1. The number of rotatable bonds is 3. The Morgan fingerprint density at radius 2 is 1.75 bits per heavy atom. The Morgan fingerprint density at radius 3 is 2.41 bits per heavy atom. The van der Waals surface area contributed by atoms with Crippen LogP contribution in [0.15, 0.2) is 70.1 Å². The largest absolute Gasteiger partial charge is 0.448 e. The molecular formula is C24H23BrClN3O3. The number of nitrogens with one attached hydrogen (secondary N) is 2. The van der Waals surface area contributed by atoms with Gasteiger partial charge in [-0.2, -0.15) is 0 Å². The molecule has 1 fully saturated rings. The summed E-state index contributed by atoms with van der Waals surface area (Å²) in [4.78, 5) is 29.3. The zero-order valence-corrected chi connectivity index (χ0v) is 19.6. The number of carbonyl (C=O) groups excluding carboxylic acids is 1. The highest BCUT2D eigenvalue weighted by atomic mass is 79.9. The summed E-state index contributed by atoms with van der Waals surface area (Å²) in [6.45, 7) is 2.13. The molecule has 2 heterocycles. The monoisotopic (exact) mass is 515 g/mol. The van der Waals surface area contributed by atoms with E-state index in [2.05, 4.69) is 50.5 Å². The van der Waals surface area contributed by atoms with Crippen molar-refractivity contribution in [3.63, 3.8) is 0 Å². The van der Waals surface area contributed by atoms with E-state index < -0.39 is 0 Å². The average molecular weight is 517 g/mol. The number of piperazine rings is 1. The molecule has 166 valence electrons. The molecule has 1 atom stereocenters. The number of halogens is 2. The summed E-state index contributed by atoms with van der Waals surface area (Å²) in [5, 5.41) is 3.32. The van der Waals surface area contributed by atoms with Crippen molar-refractivity contribution in [3.8, 4) is 11.1 Å². The van der Waals surface area contributed by atoms with Gasteiger partial charge in [0.25, 0.3) is 5.56 Å². The van der Waals surface area contributed by atoms with E-state index in [0.29, 0.717) is 30.7 Å². The van der Waals surface area contributed by atoms with E-state index in [1.807, 2.05) is 24.3 Å². The molecule has 2 N–H and O–H groups in total. The topological polar surface area (TPSA) is 74.4 Å². The number of amides is 1. The van der Waals surface area contributed by atoms with Crippen molar-refractivity contribution >= 4 is 34.4 Å². The number of fused-ring (bicyclic) bond motifs is 3. The molecule has 6 nitrogen and oxygen atoms in total. The number of nitrogens with zero attached hydrogens (tertiary/aromatic N) is 1. The van der Waals surface area contributed by atoms with Crippen LogP contribution in [0, 0.1) is 0 Å². The third-order valence-corrected chi connectivity index (χ3v) is 6.67. The molecule has 2 aromatic carbocycles. The summed E-state index contributed by atoms with van der Waals surface area (Å²) in [6, 6.07) is 18.2. The maximum atomic E-state index is 13.1. The van der Waals surface area contributed by atoms with Gasteiger partial charge in [-0.3, -0.25) is 9.69 Å². The molecule has 0 spiro atoms. The Labute approximate surface area is 200 Å². The number of pyridine rings is 1. The number of hydrogen-bond acceptors (Lipinski definition) is 4. The summed E-state index contributed by atoms with van der Waals surface area (Å²) in [6.07, 6.45) is 1.32. The van der Waals surface area contributed by atoms with Crippen LogP contribution in [0.1, 0.15) is 28.7 Å². The summed E-state index contributed by atoms with van der Waals surface area (Å²) < 4.78 is 6.31. The minimum absolute atomic E-state index is 0. The Balaban J connectivity index is 0.00000245. The lowest BCUT2D eigenvalue weighted by molar-refractivity contribution is 0.0751. The fraction of sp³-hybridized carbons (Fsp3) is 0.250. The summed E-state index contributed by atoms with van der Waals surface area (Å²) >= 11 is 3.28. The lowest BCUT2D eigenvalue weighted by Crippen LogP contribution is -2.49. The molecule has 0 radical (unpaired) electrons. The number of aromatic nitrogens is 1. The number of benzene rings is 2. The number of hydrogen-bond donors (Lipinski definition) is 2. The van der Waals surface area contributed by atoms with Gasteiger partial charge in [0.2, 0.25) is 0 Å². The van der Waals surface area contributed by atoms with E-state index in [-0.39, 0.29) is 36.0 Å². The van der Waals surface area contributed by atoms with E-state index in [4.69, 9.17) is 4.74 Å². The van der Waals surface area contributed by atoms with Crippen molar-refractivity contribution in [1.82, 2.24) is 15.2 Å². The molecule has 0 bridgehead atoms. The zero-order valence-electron chi connectivity index (χ0n) is 17.2. The molecule has 3 aromatic rings. The molecule has 1 aliphatic heterocycles. The van der Waals surface area contributed by atoms with E-state index in [1.165, 1.54) is 22.3 Å². The molecule has 2 aliphatic rings. The molecule has 1 aromatic heterocycles. The number of carbonyl (C=O) groups is 1. The standard InChI is InChI=1S/C24H22BrN3O3.ClH/c25-21-11-15(12-27-23(21)29)22-13-26-9-10-28(22)24(30)31-14-20-18-7-3-1-5-16(18)17-6-2-4-8-19(17)20;/h1-8,11-12,20,22,26H,9-10,13-14H2,(H,27,29);1H. The maximum Gasteiger partial charge on any atom is 0.410 e. The van der Waals surface area contributed by atoms with E-state index in [1.54, 1.807) is 17.2 Å². The molecule has 1 amide bonds. The first-order chi connectivity index (χ1) is 15.1. The van der Waals surface area contributed by atoms with Crippen LogP contribution in [0.4, 0.5) is 4.79 Å². The molecule has 1 unspecified atom stereocenters. The predicted octanol–water partition coefficient (Wildman–Crippen LogP) is 4.45. The summed E-state index contributed by atoms with van der Waals surface area (Å²) in [5.41, 5.74) is 5.46. The van der Waals surface area contributed by atoms with Gasteiger partial charge in [0, 0.05) is 31.7 Å². The van der Waals surface area contributed by atoms with Crippen molar-refractivity contribution in [1.29, 1.82) is 0 Å². The highest BCUT2D eigenvalue weighted by Gasteiger charge is 2.32. The second-order valence-corrected chi connectivity index (χ2v) is 8.68. The van der Waals surface area contributed by atoms with Gasteiger partial charge in [-0.15, -0.1) is 12.4 Å².